The fourth-order valence-corrected chi connectivity index (χ4v) is 5.84. The molecule has 10 heteroatoms. The van der Waals surface area contributed by atoms with Gasteiger partial charge in [0.15, 0.2) is 0 Å². The molecule has 0 spiro atoms. The van der Waals surface area contributed by atoms with E-state index < -0.39 is 20.0 Å². The first kappa shape index (κ1) is 23.2. The average Bonchev–Trinajstić information content (AvgIpc) is 3.19. The molecule has 0 saturated heterocycles. The summed E-state index contributed by atoms with van der Waals surface area (Å²) in [7, 11) is -4.41. The number of carbonyl (C=O) groups is 1. The highest BCUT2D eigenvalue weighted by Gasteiger charge is 2.30. The van der Waals surface area contributed by atoms with Gasteiger partial charge in [0, 0.05) is 31.7 Å². The van der Waals surface area contributed by atoms with Crippen LogP contribution in [0.15, 0.2) is 65.6 Å². The van der Waals surface area contributed by atoms with Crippen molar-refractivity contribution in [1.82, 2.24) is 4.31 Å². The summed E-state index contributed by atoms with van der Waals surface area (Å²) in [5, 5.41) is 1.61. The van der Waals surface area contributed by atoms with E-state index >= 15 is 0 Å². The first-order valence-electron chi connectivity index (χ1n) is 10.3. The van der Waals surface area contributed by atoms with Crippen LogP contribution < -0.4 is 9.21 Å². The maximum absolute atomic E-state index is 13.3. The van der Waals surface area contributed by atoms with E-state index in [4.69, 9.17) is 0 Å². The van der Waals surface area contributed by atoms with Crippen molar-refractivity contribution in [3.63, 3.8) is 0 Å². The second kappa shape index (κ2) is 8.44. The van der Waals surface area contributed by atoms with Gasteiger partial charge in [-0.2, -0.15) is 0 Å². The minimum Gasteiger partial charge on any atom is -0.310 e. The summed E-state index contributed by atoms with van der Waals surface area (Å²) in [6.45, 7) is -0.00317. The molecule has 8 nitrogen and oxygen atoms in total. The molecule has 1 aliphatic heterocycles. The molecule has 3 aromatic rings. The van der Waals surface area contributed by atoms with Crippen molar-refractivity contribution in [1.29, 1.82) is 0 Å². The summed E-state index contributed by atoms with van der Waals surface area (Å²) in [5.74, 6) is -0.379. The molecule has 174 valence electrons. The molecule has 3 aromatic carbocycles. The van der Waals surface area contributed by atoms with Crippen molar-refractivity contribution in [2.45, 2.75) is 11.3 Å². The molecular formula is C23H25N3O5S2. The molecule has 0 saturated carbocycles. The molecule has 0 unspecified atom stereocenters. The zero-order chi connectivity index (χ0) is 24.0. The SMILES string of the molecule is CN(C)S(=O)(=O)c1ccc2c(c1)CCN2C(=O)CN(c1cccc2ccccc12)S(C)(=O)=O. The fraction of sp³-hybridized carbons (Fsp3) is 0.261. The van der Waals surface area contributed by atoms with Crippen molar-refractivity contribution in [3.05, 3.63) is 66.2 Å². The molecular weight excluding hydrogens is 462 g/mol. The Morgan fingerprint density at radius 2 is 1.67 bits per heavy atom. The number of hydrogen-bond donors (Lipinski definition) is 0. The standard InChI is InChI=1S/C23H25N3O5S2/c1-24(2)33(30,31)19-11-12-21-18(15-19)13-14-25(21)23(27)16-26(32(3,28)29)22-10-6-8-17-7-4-5-9-20(17)22/h4-12,15H,13-14,16H2,1-3H3. The second-order valence-electron chi connectivity index (χ2n) is 8.14. The van der Waals surface area contributed by atoms with Crippen LogP contribution in [-0.2, 0) is 31.3 Å². The summed E-state index contributed by atoms with van der Waals surface area (Å²) >= 11 is 0. The van der Waals surface area contributed by atoms with E-state index in [0.717, 1.165) is 31.2 Å². The zero-order valence-electron chi connectivity index (χ0n) is 18.6. The third-order valence-corrected chi connectivity index (χ3v) is 8.68. The number of anilines is 2. The minimum atomic E-state index is -3.75. The van der Waals surface area contributed by atoms with Gasteiger partial charge in [-0.05, 0) is 41.6 Å². The van der Waals surface area contributed by atoms with E-state index in [1.807, 2.05) is 30.3 Å². The van der Waals surface area contributed by atoms with Crippen molar-refractivity contribution in [2.24, 2.45) is 0 Å². The molecule has 0 radical (unpaired) electrons. The Labute approximate surface area is 194 Å². The summed E-state index contributed by atoms with van der Waals surface area (Å²) in [6, 6.07) is 17.4. The summed E-state index contributed by atoms with van der Waals surface area (Å²) in [6.07, 6.45) is 1.57. The number of sulfonamides is 2. The van der Waals surface area contributed by atoms with Gasteiger partial charge in [0.25, 0.3) is 0 Å². The average molecular weight is 488 g/mol. The van der Waals surface area contributed by atoms with Crippen molar-refractivity contribution >= 4 is 48.1 Å². The molecule has 1 amide bonds. The van der Waals surface area contributed by atoms with Gasteiger partial charge in [-0.15, -0.1) is 0 Å². The Balaban J connectivity index is 1.67. The van der Waals surface area contributed by atoms with Gasteiger partial charge >= 0.3 is 0 Å². The molecule has 0 aromatic heterocycles. The van der Waals surface area contributed by atoms with Crippen LogP contribution in [0.4, 0.5) is 11.4 Å². The van der Waals surface area contributed by atoms with Gasteiger partial charge in [-0.1, -0.05) is 36.4 Å². The highest BCUT2D eigenvalue weighted by Crippen LogP contribution is 2.32. The number of benzene rings is 3. The van der Waals surface area contributed by atoms with Crippen LogP contribution in [0, 0.1) is 0 Å². The quantitative estimate of drug-likeness (QED) is 0.532. The normalized spacial score (nSPS) is 14.0. The molecule has 0 atom stereocenters. The van der Waals surface area contributed by atoms with E-state index in [-0.39, 0.29) is 17.3 Å². The fourth-order valence-electron chi connectivity index (χ4n) is 4.02. The van der Waals surface area contributed by atoms with Crippen LogP contribution in [0.1, 0.15) is 5.56 Å². The number of amides is 1. The van der Waals surface area contributed by atoms with Crippen LogP contribution in [0.2, 0.25) is 0 Å². The molecule has 1 aliphatic rings. The Morgan fingerprint density at radius 3 is 2.36 bits per heavy atom. The number of hydrogen-bond acceptors (Lipinski definition) is 5. The maximum Gasteiger partial charge on any atom is 0.247 e. The lowest BCUT2D eigenvalue weighted by Crippen LogP contribution is -2.42. The minimum absolute atomic E-state index is 0.161. The topological polar surface area (TPSA) is 95.1 Å². The van der Waals surface area contributed by atoms with Crippen LogP contribution in [0.25, 0.3) is 10.8 Å². The second-order valence-corrected chi connectivity index (χ2v) is 12.2. The van der Waals surface area contributed by atoms with Crippen molar-refractivity contribution in [3.8, 4) is 0 Å². The summed E-state index contributed by atoms with van der Waals surface area (Å²) < 4.78 is 52.5. The number of fused-ring (bicyclic) bond motifs is 2. The molecule has 33 heavy (non-hydrogen) atoms. The van der Waals surface area contributed by atoms with Crippen LogP contribution >= 0.6 is 0 Å². The van der Waals surface area contributed by atoms with E-state index in [9.17, 15) is 21.6 Å². The van der Waals surface area contributed by atoms with Crippen LogP contribution in [0.3, 0.4) is 0 Å². The number of carbonyl (C=O) groups excluding carboxylic acids is 1. The van der Waals surface area contributed by atoms with Gasteiger partial charge < -0.3 is 4.90 Å². The van der Waals surface area contributed by atoms with Crippen molar-refractivity contribution < 1.29 is 21.6 Å². The Kier molecular flexibility index (Phi) is 5.94. The first-order valence-corrected chi connectivity index (χ1v) is 13.6. The van der Waals surface area contributed by atoms with E-state index in [2.05, 4.69) is 0 Å². The molecule has 4 rings (SSSR count). The number of rotatable bonds is 6. The Hall–Kier alpha value is -2.95. The lowest BCUT2D eigenvalue weighted by molar-refractivity contribution is -0.117. The Bertz CT molecular complexity index is 1440. The molecule has 0 bridgehead atoms. The van der Waals surface area contributed by atoms with Crippen LogP contribution in [0.5, 0.6) is 0 Å². The third-order valence-electron chi connectivity index (χ3n) is 5.74. The van der Waals surface area contributed by atoms with Gasteiger partial charge in [-0.25, -0.2) is 21.1 Å². The van der Waals surface area contributed by atoms with Crippen molar-refractivity contribution in [2.75, 3.05) is 42.6 Å². The van der Waals surface area contributed by atoms with Gasteiger partial charge in [0.1, 0.15) is 6.54 Å². The van der Waals surface area contributed by atoms with Crippen LogP contribution in [-0.4, -0.2) is 60.5 Å². The van der Waals surface area contributed by atoms with Gasteiger partial charge in [0.05, 0.1) is 16.8 Å². The highest BCUT2D eigenvalue weighted by molar-refractivity contribution is 7.92. The zero-order valence-corrected chi connectivity index (χ0v) is 20.2. The molecule has 0 aliphatic carbocycles. The lowest BCUT2D eigenvalue weighted by Gasteiger charge is -2.26. The maximum atomic E-state index is 13.3. The third kappa shape index (κ3) is 4.33. The largest absolute Gasteiger partial charge is 0.310 e. The predicted octanol–water partition coefficient (Wildman–Crippen LogP) is 2.45. The summed E-state index contributed by atoms with van der Waals surface area (Å²) in [4.78, 5) is 14.9. The van der Waals surface area contributed by atoms with E-state index in [0.29, 0.717) is 24.3 Å². The summed E-state index contributed by atoms with van der Waals surface area (Å²) in [5.41, 5.74) is 1.78. The lowest BCUT2D eigenvalue weighted by atomic mass is 10.1. The predicted molar refractivity (Wildman–Crippen MR) is 130 cm³/mol. The number of nitrogens with zero attached hydrogens (tertiary/aromatic N) is 3. The molecule has 1 heterocycles. The monoisotopic (exact) mass is 487 g/mol. The highest BCUT2D eigenvalue weighted by atomic mass is 32.2. The smallest absolute Gasteiger partial charge is 0.247 e. The van der Waals surface area contributed by atoms with Gasteiger partial charge in [-0.3, -0.25) is 9.10 Å². The molecule has 0 N–H and O–H groups in total. The molecule has 0 fully saturated rings. The van der Waals surface area contributed by atoms with E-state index in [1.54, 1.807) is 24.3 Å². The van der Waals surface area contributed by atoms with E-state index in [1.165, 1.54) is 25.1 Å². The Morgan fingerprint density at radius 1 is 0.970 bits per heavy atom. The first-order chi connectivity index (χ1) is 15.5. The van der Waals surface area contributed by atoms with Gasteiger partial charge in [0.2, 0.25) is 26.0 Å².